The number of ether oxygens (including phenoxy) is 1. The molecule has 7 aliphatic rings. The summed E-state index contributed by atoms with van der Waals surface area (Å²) in [5.41, 5.74) is 8.57. The summed E-state index contributed by atoms with van der Waals surface area (Å²) in [6, 6.07) is 25.8. The molecule has 0 radical (unpaired) electrons. The van der Waals surface area contributed by atoms with E-state index in [4.69, 9.17) is 29.1 Å². The molecule has 2 aliphatic carbocycles. The minimum Gasteiger partial charge on any atom is -0.507 e. The molecule has 2 unspecified atom stereocenters. The second kappa shape index (κ2) is 20.0. The van der Waals surface area contributed by atoms with Crippen molar-refractivity contribution in [2.24, 2.45) is 16.3 Å². The number of para-hydroxylation sites is 1. The fourth-order valence-electron chi connectivity index (χ4n) is 14.4. The number of aromatic hydroxyl groups is 1. The third kappa shape index (κ3) is 9.10. The number of halogens is 1. The largest absolute Gasteiger partial charge is 0.507 e. The molecule has 14 rings (SSSR count). The van der Waals surface area contributed by atoms with Gasteiger partial charge in [-0.1, -0.05) is 68.4 Å². The maximum absolute atomic E-state index is 14.5. The van der Waals surface area contributed by atoms with Crippen molar-refractivity contribution in [2.75, 3.05) is 42.5 Å². The second-order valence-corrected chi connectivity index (χ2v) is 24.1. The van der Waals surface area contributed by atoms with E-state index in [0.29, 0.717) is 70.2 Å². The van der Waals surface area contributed by atoms with Crippen LogP contribution in [0.25, 0.3) is 33.4 Å². The maximum Gasteiger partial charge on any atom is 0.254 e. The molecular weight excluding hydrogens is 1020 g/mol. The summed E-state index contributed by atoms with van der Waals surface area (Å²) < 4.78 is 26.8. The lowest BCUT2D eigenvalue weighted by molar-refractivity contribution is -0.134. The first-order valence-electron chi connectivity index (χ1n) is 28.6. The van der Waals surface area contributed by atoms with Crippen LogP contribution in [0.3, 0.4) is 0 Å². The number of hydrogen-bond acceptors (Lipinski definition) is 16. The number of aliphatic imine (C=N–C) groups is 1. The molecule has 19 heteroatoms. The number of aliphatic hydroxyl groups is 1. The zero-order valence-corrected chi connectivity index (χ0v) is 45.3. The number of phenols is 1. The van der Waals surface area contributed by atoms with E-state index in [1.807, 2.05) is 75.5 Å². The average Bonchev–Trinajstić information content (AvgIpc) is 4.40. The Morgan fingerprint density at radius 3 is 2.31 bits per heavy atom. The molecule has 9 heterocycles. The molecule has 4 saturated heterocycles. The summed E-state index contributed by atoms with van der Waals surface area (Å²) in [6.07, 6.45) is 14.5. The van der Waals surface area contributed by atoms with Crippen LogP contribution in [0.1, 0.15) is 107 Å². The summed E-state index contributed by atoms with van der Waals surface area (Å²) in [5.74, 6) is 1.48. The second-order valence-electron chi connectivity index (χ2n) is 24.1. The van der Waals surface area contributed by atoms with Gasteiger partial charge in [0.2, 0.25) is 17.6 Å². The summed E-state index contributed by atoms with van der Waals surface area (Å²) in [5, 5.41) is 35.6. The number of nitrogens with zero attached hydrogens (tertiary/aromatic N) is 10. The minimum absolute atomic E-state index is 0.0462. The van der Waals surface area contributed by atoms with Gasteiger partial charge in [0.15, 0.2) is 11.4 Å². The number of β-amino-alcohol motifs (C(OH)–C–C–N with tert-alkyl or cyclic N) is 1. The number of phenolic OH excluding ortho intramolecular Hbond substituents is 1. The van der Waals surface area contributed by atoms with E-state index >= 15 is 0 Å². The van der Waals surface area contributed by atoms with Gasteiger partial charge in [-0.2, -0.15) is 0 Å². The van der Waals surface area contributed by atoms with Crippen LogP contribution < -0.4 is 20.0 Å². The monoisotopic (exact) mass is 1080 g/mol. The first-order valence-corrected chi connectivity index (χ1v) is 28.6. The summed E-state index contributed by atoms with van der Waals surface area (Å²) >= 11 is 0. The lowest BCUT2D eigenvalue weighted by Crippen LogP contribution is -2.59. The standard InChI is InChI=1S/C61H67FN12O6/c1-35(2)55(58(77)73-34-43(75)22-50(73)57-66-60(3,80-70-57)39-14-12-37(13-15-39)45-8-4-6-10-48(45)62)53-24-54(69-79-53)78-44-27-61(28-44)25-42(26-61)71-20-18-36(19-21-71)38-29-64-59(65-30-38)74-40-16-17-41(74)33-72(32-40)51-31-63-56-47(51)23-49(67-68-56)46-9-5-7-11-52(46)76/h4-15,23-24,29-31,35-36,40-44,50,55,75-76H,16-22,25-28,32-34H2,1-3H3,(H,63,68)(H,66,70)/t40?,41?,42?,43-,44?,50+,55-,60-,61?/m1/s1. The molecule has 2 saturated carbocycles. The summed E-state index contributed by atoms with van der Waals surface area (Å²) in [7, 11) is 0. The van der Waals surface area contributed by atoms with Crippen LogP contribution in [0.15, 0.2) is 113 Å². The van der Waals surface area contributed by atoms with Gasteiger partial charge in [0, 0.05) is 90.9 Å². The van der Waals surface area contributed by atoms with Gasteiger partial charge < -0.3 is 44.1 Å². The molecule has 7 aromatic rings. The Bertz CT molecular complexity index is 3450. The summed E-state index contributed by atoms with van der Waals surface area (Å²) in [4.78, 5) is 48.1. The number of piperazine rings is 1. The minimum atomic E-state index is -1.11. The van der Waals surface area contributed by atoms with Crippen molar-refractivity contribution in [2.45, 2.75) is 132 Å². The highest BCUT2D eigenvalue weighted by Gasteiger charge is 2.56. The number of aliphatic hydroxyl groups excluding tert-OH is 1. The van der Waals surface area contributed by atoms with Crippen LogP contribution in [0.5, 0.6) is 11.6 Å². The Morgan fingerprint density at radius 1 is 0.863 bits per heavy atom. The van der Waals surface area contributed by atoms with E-state index in [1.54, 1.807) is 35.2 Å². The van der Waals surface area contributed by atoms with E-state index in [1.165, 1.54) is 24.5 Å². The molecule has 4 aromatic heterocycles. The van der Waals surface area contributed by atoms with Gasteiger partial charge in [-0.3, -0.25) is 4.79 Å². The molecular formula is C61H67FN12O6. The third-order valence-electron chi connectivity index (χ3n) is 18.7. The van der Waals surface area contributed by atoms with E-state index in [-0.39, 0.29) is 36.0 Å². The predicted octanol–water partition coefficient (Wildman–Crippen LogP) is 8.85. The third-order valence-corrected chi connectivity index (χ3v) is 18.7. The number of carbonyl (C=O) groups is 1. The van der Waals surface area contributed by atoms with Crippen molar-refractivity contribution in [3.8, 4) is 34.0 Å². The number of amidine groups is 1. The highest BCUT2D eigenvalue weighted by atomic mass is 19.1. The van der Waals surface area contributed by atoms with E-state index in [0.717, 1.165) is 98.5 Å². The van der Waals surface area contributed by atoms with Gasteiger partial charge in [-0.25, -0.2) is 29.7 Å². The number of hydroxylamine groups is 1. The summed E-state index contributed by atoms with van der Waals surface area (Å²) in [6.45, 7) is 9.82. The van der Waals surface area contributed by atoms with Crippen LogP contribution >= 0.6 is 0 Å². The number of fused-ring (bicyclic) bond motifs is 3. The molecule has 3 aromatic carbocycles. The first kappa shape index (κ1) is 50.7. The lowest BCUT2D eigenvalue weighted by atomic mass is 9.52. The molecule has 80 heavy (non-hydrogen) atoms. The smallest absolute Gasteiger partial charge is 0.254 e. The van der Waals surface area contributed by atoms with Crippen LogP contribution in [0.4, 0.5) is 16.0 Å². The number of piperidine rings is 1. The van der Waals surface area contributed by atoms with Crippen molar-refractivity contribution >= 4 is 34.4 Å². The Morgan fingerprint density at radius 2 is 1.59 bits per heavy atom. The molecule has 2 bridgehead atoms. The fourth-order valence-corrected chi connectivity index (χ4v) is 14.4. The van der Waals surface area contributed by atoms with E-state index < -0.39 is 23.8 Å². The molecule has 5 aliphatic heterocycles. The Labute approximate surface area is 463 Å². The normalized spacial score (nSPS) is 28.1. The van der Waals surface area contributed by atoms with Gasteiger partial charge >= 0.3 is 0 Å². The number of nitrogens with one attached hydrogen (secondary N) is 2. The van der Waals surface area contributed by atoms with Crippen molar-refractivity contribution in [1.82, 2.24) is 45.6 Å². The van der Waals surface area contributed by atoms with Gasteiger partial charge in [-0.05, 0) is 129 Å². The predicted molar refractivity (Wildman–Crippen MR) is 298 cm³/mol. The zero-order chi connectivity index (χ0) is 54.4. The van der Waals surface area contributed by atoms with Crippen molar-refractivity contribution in [3.05, 3.63) is 126 Å². The zero-order valence-electron chi connectivity index (χ0n) is 45.3. The number of benzene rings is 3. The van der Waals surface area contributed by atoms with E-state index in [9.17, 15) is 19.4 Å². The van der Waals surface area contributed by atoms with Crippen LogP contribution in [-0.4, -0.2) is 131 Å². The first-order chi connectivity index (χ1) is 38.8. The molecule has 4 N–H and O–H groups in total. The Hall–Kier alpha value is -7.48. The maximum atomic E-state index is 14.5. The number of carbonyl (C=O) groups excluding carboxylic acids is 1. The van der Waals surface area contributed by atoms with Gasteiger partial charge in [-0.15, -0.1) is 10.2 Å². The highest BCUT2D eigenvalue weighted by molar-refractivity contribution is 5.95. The van der Waals surface area contributed by atoms with Crippen molar-refractivity contribution < 1.29 is 33.5 Å². The molecule has 414 valence electrons. The Kier molecular flexibility index (Phi) is 12.6. The molecule has 1 spiro atoms. The van der Waals surface area contributed by atoms with Crippen LogP contribution in [0, 0.1) is 17.2 Å². The number of H-pyrrole nitrogens is 1. The molecule has 1 amide bonds. The molecule has 6 atom stereocenters. The average molecular weight is 1080 g/mol. The Balaban J connectivity index is 0.546. The van der Waals surface area contributed by atoms with Crippen molar-refractivity contribution in [3.63, 3.8) is 0 Å². The number of anilines is 2. The van der Waals surface area contributed by atoms with Gasteiger partial charge in [0.25, 0.3) is 5.88 Å². The molecule has 18 nitrogen and oxygen atoms in total. The van der Waals surface area contributed by atoms with Gasteiger partial charge in [0.05, 0.1) is 23.5 Å². The topological polar surface area (TPSA) is 207 Å². The van der Waals surface area contributed by atoms with E-state index in [2.05, 4.69) is 52.9 Å². The van der Waals surface area contributed by atoms with Crippen molar-refractivity contribution in [1.29, 1.82) is 0 Å². The lowest BCUT2D eigenvalue weighted by Gasteiger charge is -2.60. The van der Waals surface area contributed by atoms with Gasteiger partial charge in [0.1, 0.15) is 29.4 Å². The molecule has 6 fully saturated rings. The SMILES string of the molecule is CC(C)[C@@H](C(=O)N1C[C@H](O)C[C@H]1C1=N[C@@](C)(c2ccc(-c3ccccc3F)cc2)ON1)c1cc(OC2CC3(C2)CC(N2CCC(c4cnc(N5C6CCC5CN(c5c[nH]c7nnc(-c8ccccc8O)cc57)C6)nc4)CC2)C3)no1. The number of amides is 1. The highest BCUT2D eigenvalue weighted by Crippen LogP contribution is 2.58. The van der Waals surface area contributed by atoms with Crippen LogP contribution in [0.2, 0.25) is 0 Å². The fraction of sp³-hybridized carbons (Fsp3) is 0.459. The number of hydrogen-bond donors (Lipinski definition) is 4. The van der Waals surface area contributed by atoms with Crippen LogP contribution in [-0.2, 0) is 15.4 Å². The number of aromatic nitrogens is 6. The number of aromatic amines is 1. The number of rotatable bonds is 13. The quantitative estimate of drug-likeness (QED) is 0.0851. The number of likely N-dealkylation sites (tertiary alicyclic amines) is 2.